The minimum Gasteiger partial charge on any atom is -0.496 e. The molecule has 0 radical (unpaired) electrons. The van der Waals surface area contributed by atoms with Crippen molar-refractivity contribution in [2.45, 2.75) is 13.8 Å². The molecule has 1 rings (SSSR count). The normalized spacial score (nSPS) is 11.6. The van der Waals surface area contributed by atoms with Crippen molar-refractivity contribution in [1.82, 2.24) is 4.90 Å². The van der Waals surface area contributed by atoms with Crippen LogP contribution in [0.1, 0.15) is 23.5 Å². The Morgan fingerprint density at radius 3 is 2.88 bits per heavy atom. The number of nitrogens with zero attached hydrogens (tertiary/aromatic N) is 2. The molecule has 1 amide bonds. The van der Waals surface area contributed by atoms with Gasteiger partial charge < -0.3 is 9.64 Å². The number of rotatable bonds is 5. The van der Waals surface area contributed by atoms with Gasteiger partial charge in [0.25, 0.3) is 5.91 Å². The van der Waals surface area contributed by atoms with E-state index in [4.69, 9.17) is 10.00 Å². The molecule has 0 N–H and O–H groups in total. The number of nitriles is 1. The SMILES string of the molecule is CCN(CC(C)C#N)C(=O)c1cc(OC)cs1. The summed E-state index contributed by atoms with van der Waals surface area (Å²) in [6.45, 7) is 4.79. The maximum Gasteiger partial charge on any atom is 0.264 e. The Hall–Kier alpha value is -1.54. The highest BCUT2D eigenvalue weighted by atomic mass is 32.1. The standard InChI is InChI=1S/C12H16N2O2S/c1-4-14(7-9(2)6-13)12(15)11-5-10(16-3)8-17-11/h5,8-9H,4,7H2,1-3H3. The summed E-state index contributed by atoms with van der Waals surface area (Å²) in [6, 6.07) is 3.87. The average Bonchev–Trinajstić information content (AvgIpc) is 2.83. The molecule has 1 aromatic heterocycles. The summed E-state index contributed by atoms with van der Waals surface area (Å²) < 4.78 is 5.05. The van der Waals surface area contributed by atoms with Crippen molar-refractivity contribution in [3.05, 3.63) is 16.3 Å². The summed E-state index contributed by atoms with van der Waals surface area (Å²) in [6.07, 6.45) is 0. The molecule has 5 heteroatoms. The van der Waals surface area contributed by atoms with E-state index in [1.54, 1.807) is 23.5 Å². The highest BCUT2D eigenvalue weighted by Crippen LogP contribution is 2.22. The van der Waals surface area contributed by atoms with E-state index in [1.165, 1.54) is 11.3 Å². The molecule has 0 saturated heterocycles. The predicted molar refractivity (Wildman–Crippen MR) is 67.2 cm³/mol. The van der Waals surface area contributed by atoms with Crippen molar-refractivity contribution in [2.24, 2.45) is 5.92 Å². The second-order valence-corrected chi connectivity index (χ2v) is 4.64. The Bertz CT molecular complexity index is 422. The first-order chi connectivity index (χ1) is 8.12. The average molecular weight is 252 g/mol. The lowest BCUT2D eigenvalue weighted by Crippen LogP contribution is -2.33. The highest BCUT2D eigenvalue weighted by Gasteiger charge is 2.18. The summed E-state index contributed by atoms with van der Waals surface area (Å²) in [7, 11) is 1.58. The third kappa shape index (κ3) is 3.46. The summed E-state index contributed by atoms with van der Waals surface area (Å²) in [5.41, 5.74) is 0. The molecule has 1 unspecified atom stereocenters. The zero-order valence-corrected chi connectivity index (χ0v) is 11.1. The van der Waals surface area contributed by atoms with Crippen molar-refractivity contribution in [1.29, 1.82) is 5.26 Å². The van der Waals surface area contributed by atoms with Crippen LogP contribution in [0, 0.1) is 17.2 Å². The zero-order chi connectivity index (χ0) is 12.8. The number of ether oxygens (including phenoxy) is 1. The van der Waals surface area contributed by atoms with Crippen LogP contribution in [0.25, 0.3) is 0 Å². The Morgan fingerprint density at radius 1 is 1.71 bits per heavy atom. The molecule has 0 aliphatic heterocycles. The Labute approximate surface area is 105 Å². The van der Waals surface area contributed by atoms with Gasteiger partial charge in [0.15, 0.2) is 0 Å². The van der Waals surface area contributed by atoms with Crippen LogP contribution in [0.4, 0.5) is 0 Å². The quantitative estimate of drug-likeness (QED) is 0.808. The molecule has 0 spiro atoms. The third-order valence-electron chi connectivity index (χ3n) is 2.41. The van der Waals surface area contributed by atoms with Crippen LogP contribution in [0.2, 0.25) is 0 Å². The molecule has 0 aliphatic carbocycles. The summed E-state index contributed by atoms with van der Waals surface area (Å²) in [5, 5.41) is 10.6. The van der Waals surface area contributed by atoms with E-state index in [2.05, 4.69) is 6.07 Å². The van der Waals surface area contributed by atoms with E-state index in [0.29, 0.717) is 23.7 Å². The second kappa shape index (κ2) is 6.26. The van der Waals surface area contributed by atoms with Gasteiger partial charge in [0, 0.05) is 24.5 Å². The number of carbonyl (C=O) groups is 1. The van der Waals surface area contributed by atoms with Gasteiger partial charge in [-0.1, -0.05) is 0 Å². The van der Waals surface area contributed by atoms with Gasteiger partial charge in [0.05, 0.1) is 24.0 Å². The molecular weight excluding hydrogens is 236 g/mol. The van der Waals surface area contributed by atoms with E-state index in [-0.39, 0.29) is 11.8 Å². The van der Waals surface area contributed by atoms with Gasteiger partial charge in [-0.3, -0.25) is 4.79 Å². The van der Waals surface area contributed by atoms with Gasteiger partial charge in [-0.25, -0.2) is 0 Å². The predicted octanol–water partition coefficient (Wildman–Crippen LogP) is 2.38. The lowest BCUT2D eigenvalue weighted by atomic mass is 10.2. The van der Waals surface area contributed by atoms with Gasteiger partial charge >= 0.3 is 0 Å². The number of methoxy groups -OCH3 is 1. The molecule has 92 valence electrons. The van der Waals surface area contributed by atoms with Gasteiger partial charge in [-0.15, -0.1) is 11.3 Å². The van der Waals surface area contributed by atoms with Gasteiger partial charge in [-0.05, 0) is 13.8 Å². The molecule has 0 aliphatic rings. The molecule has 1 heterocycles. The summed E-state index contributed by atoms with van der Waals surface area (Å²) >= 11 is 1.36. The van der Waals surface area contributed by atoms with Crippen LogP contribution in [0.5, 0.6) is 5.75 Å². The molecule has 0 bridgehead atoms. The molecule has 1 aromatic rings. The molecule has 4 nitrogen and oxygen atoms in total. The first-order valence-corrected chi connectivity index (χ1v) is 6.31. The van der Waals surface area contributed by atoms with Gasteiger partial charge in [-0.2, -0.15) is 5.26 Å². The molecule has 17 heavy (non-hydrogen) atoms. The van der Waals surface area contributed by atoms with Gasteiger partial charge in [0.1, 0.15) is 5.75 Å². The number of carbonyl (C=O) groups excluding carboxylic acids is 1. The van der Waals surface area contributed by atoms with E-state index < -0.39 is 0 Å². The van der Waals surface area contributed by atoms with Crippen LogP contribution < -0.4 is 4.74 Å². The largest absolute Gasteiger partial charge is 0.496 e. The third-order valence-corrected chi connectivity index (χ3v) is 3.30. The first-order valence-electron chi connectivity index (χ1n) is 5.43. The smallest absolute Gasteiger partial charge is 0.264 e. The van der Waals surface area contributed by atoms with Crippen LogP contribution in [-0.4, -0.2) is 31.0 Å². The zero-order valence-electron chi connectivity index (χ0n) is 10.3. The van der Waals surface area contributed by atoms with E-state index in [9.17, 15) is 4.79 Å². The Kier molecular flexibility index (Phi) is 4.98. The lowest BCUT2D eigenvalue weighted by Gasteiger charge is -2.21. The second-order valence-electron chi connectivity index (χ2n) is 3.72. The number of hydrogen-bond acceptors (Lipinski definition) is 4. The molecule has 0 saturated carbocycles. The summed E-state index contributed by atoms with van der Waals surface area (Å²) in [5.74, 6) is 0.506. The fourth-order valence-corrected chi connectivity index (χ4v) is 2.24. The Balaban J connectivity index is 2.75. The van der Waals surface area contributed by atoms with Crippen molar-refractivity contribution < 1.29 is 9.53 Å². The van der Waals surface area contributed by atoms with E-state index in [0.717, 1.165) is 0 Å². The van der Waals surface area contributed by atoms with Gasteiger partial charge in [0.2, 0.25) is 0 Å². The Morgan fingerprint density at radius 2 is 2.41 bits per heavy atom. The maximum absolute atomic E-state index is 12.1. The van der Waals surface area contributed by atoms with Crippen molar-refractivity contribution >= 4 is 17.2 Å². The number of amides is 1. The van der Waals surface area contributed by atoms with Crippen LogP contribution in [0.3, 0.4) is 0 Å². The van der Waals surface area contributed by atoms with Crippen molar-refractivity contribution in [2.75, 3.05) is 20.2 Å². The highest BCUT2D eigenvalue weighted by molar-refractivity contribution is 7.12. The maximum atomic E-state index is 12.1. The van der Waals surface area contributed by atoms with Crippen LogP contribution in [-0.2, 0) is 0 Å². The molecule has 0 fully saturated rings. The fraction of sp³-hybridized carbons (Fsp3) is 0.500. The molecule has 1 atom stereocenters. The van der Waals surface area contributed by atoms with E-state index >= 15 is 0 Å². The van der Waals surface area contributed by atoms with Crippen LogP contribution >= 0.6 is 11.3 Å². The van der Waals surface area contributed by atoms with Crippen molar-refractivity contribution in [3.8, 4) is 11.8 Å². The number of thiophene rings is 1. The summed E-state index contributed by atoms with van der Waals surface area (Å²) in [4.78, 5) is 14.5. The fourth-order valence-electron chi connectivity index (χ4n) is 1.42. The first kappa shape index (κ1) is 13.5. The number of hydrogen-bond donors (Lipinski definition) is 0. The van der Waals surface area contributed by atoms with E-state index in [1.807, 2.05) is 13.8 Å². The van der Waals surface area contributed by atoms with Crippen LogP contribution in [0.15, 0.2) is 11.4 Å². The molecular formula is C12H16N2O2S. The molecule has 0 aromatic carbocycles. The lowest BCUT2D eigenvalue weighted by molar-refractivity contribution is 0.0757. The minimum absolute atomic E-state index is 0.0390. The monoisotopic (exact) mass is 252 g/mol. The van der Waals surface area contributed by atoms with Crippen molar-refractivity contribution in [3.63, 3.8) is 0 Å². The minimum atomic E-state index is -0.152. The topological polar surface area (TPSA) is 53.3 Å².